The normalized spacial score (nSPS) is 39.4. The zero-order valence-corrected chi connectivity index (χ0v) is 23.1. The largest absolute Gasteiger partial charge is 0.476 e. The Balaban J connectivity index is 1.35. The Morgan fingerprint density at radius 1 is 0.919 bits per heavy atom. The number of hydrogen-bond donors (Lipinski definition) is 1. The van der Waals surface area contributed by atoms with Gasteiger partial charge in [0.15, 0.2) is 0 Å². The first-order valence-corrected chi connectivity index (χ1v) is 14.6. The van der Waals surface area contributed by atoms with Crippen LogP contribution in [0.3, 0.4) is 0 Å². The number of aromatic nitrogens is 2. The number of carboxylic acids is 1. The predicted molar refractivity (Wildman–Crippen MR) is 146 cm³/mol. The topological polar surface area (TPSA) is 75.4 Å². The average molecular weight is 506 g/mol. The van der Waals surface area contributed by atoms with E-state index in [-0.39, 0.29) is 11.7 Å². The molecule has 6 heteroatoms. The Labute approximate surface area is 220 Å². The summed E-state index contributed by atoms with van der Waals surface area (Å²) in [5.41, 5.74) is 0.946. The lowest BCUT2D eigenvalue weighted by Gasteiger charge is -2.60. The average Bonchev–Trinajstić information content (AvgIpc) is 2.88. The van der Waals surface area contributed by atoms with E-state index in [0.717, 1.165) is 42.0 Å². The molecule has 9 atom stereocenters. The Morgan fingerprint density at radius 3 is 2.27 bits per heavy atom. The van der Waals surface area contributed by atoms with E-state index in [1.807, 2.05) is 24.3 Å². The van der Waals surface area contributed by atoms with Crippen LogP contribution in [0.5, 0.6) is 0 Å². The Bertz CT molecular complexity index is 1250. The Kier molecular flexibility index (Phi) is 6.05. The molecule has 4 fully saturated rings. The molecule has 0 radical (unpaired) electrons. The number of benzene rings is 1. The fourth-order valence-electron chi connectivity index (χ4n) is 9.15. The van der Waals surface area contributed by atoms with E-state index in [4.69, 9.17) is 0 Å². The highest BCUT2D eigenvalue weighted by atomic mass is 16.4. The molecule has 1 unspecified atom stereocenters. The number of piperidine rings is 2. The van der Waals surface area contributed by atoms with Crippen molar-refractivity contribution in [1.29, 1.82) is 0 Å². The molecule has 0 spiro atoms. The Hall–Kier alpha value is -2.21. The van der Waals surface area contributed by atoms with Crippen molar-refractivity contribution < 1.29 is 9.90 Å². The minimum absolute atomic E-state index is 0.00682. The highest BCUT2D eigenvalue weighted by Gasteiger charge is 2.53. The first kappa shape index (κ1) is 25.1. The molecule has 2 aromatic rings. The third kappa shape index (κ3) is 3.88. The van der Waals surface area contributed by atoms with Gasteiger partial charge in [-0.15, -0.1) is 0 Å². The molecule has 6 rings (SSSR count). The van der Waals surface area contributed by atoms with Gasteiger partial charge in [0.05, 0.1) is 11.0 Å². The molecule has 2 saturated carbocycles. The lowest BCUT2D eigenvalue weighted by atomic mass is 9.51. The van der Waals surface area contributed by atoms with Gasteiger partial charge in [0, 0.05) is 24.2 Å². The van der Waals surface area contributed by atoms with Crippen molar-refractivity contribution in [2.75, 3.05) is 0 Å². The summed E-state index contributed by atoms with van der Waals surface area (Å²) >= 11 is 0. The van der Waals surface area contributed by atoms with Gasteiger partial charge in [0.1, 0.15) is 0 Å². The molecular weight excluding hydrogens is 462 g/mol. The van der Waals surface area contributed by atoms with E-state index in [1.165, 1.54) is 32.1 Å². The monoisotopic (exact) mass is 505 g/mol. The van der Waals surface area contributed by atoms with E-state index in [0.29, 0.717) is 35.0 Å². The third-order valence-electron chi connectivity index (χ3n) is 11.8. The van der Waals surface area contributed by atoms with Crippen molar-refractivity contribution in [3.05, 3.63) is 40.3 Å². The smallest absolute Gasteiger partial charge is 0.360 e. The van der Waals surface area contributed by atoms with Gasteiger partial charge in [-0.05, 0) is 92.1 Å². The van der Waals surface area contributed by atoms with E-state index in [9.17, 15) is 14.7 Å². The third-order valence-corrected chi connectivity index (χ3v) is 11.8. The summed E-state index contributed by atoms with van der Waals surface area (Å²) in [6.45, 7) is 12.4. The molecule has 2 saturated heterocycles. The summed E-state index contributed by atoms with van der Waals surface area (Å²) in [5, 5.41) is 9.74. The lowest BCUT2D eigenvalue weighted by Crippen LogP contribution is -2.62. The first-order chi connectivity index (χ1) is 17.6. The van der Waals surface area contributed by atoms with Crippen LogP contribution in [0, 0.1) is 35.0 Å². The SMILES string of the molecule is C[C@@H]1CC[C@H]2C[C@@H](n3c(=O)c(C(=O)O)nc4ccccc43)C[C@@H]1N2C1C[C@H]2C[C@@H](C1)[C@H](C)C(C)(C)[C@@H]2C. The summed E-state index contributed by atoms with van der Waals surface area (Å²) in [7, 11) is 0. The van der Waals surface area contributed by atoms with Crippen LogP contribution in [-0.4, -0.2) is 43.7 Å². The molecule has 2 aliphatic carbocycles. The van der Waals surface area contributed by atoms with Gasteiger partial charge in [0.25, 0.3) is 5.56 Å². The van der Waals surface area contributed by atoms with Crippen LogP contribution in [0.15, 0.2) is 29.1 Å². The van der Waals surface area contributed by atoms with Gasteiger partial charge < -0.3 is 9.67 Å². The summed E-state index contributed by atoms with van der Waals surface area (Å²) < 4.78 is 1.80. The number of nitrogens with zero attached hydrogens (tertiary/aromatic N) is 3. The number of carbonyl (C=O) groups is 1. The second-order valence-corrected chi connectivity index (χ2v) is 13.6. The van der Waals surface area contributed by atoms with E-state index >= 15 is 0 Å². The molecular formula is C31H43N3O3. The van der Waals surface area contributed by atoms with Crippen LogP contribution < -0.4 is 5.56 Å². The minimum atomic E-state index is -1.24. The van der Waals surface area contributed by atoms with Crippen molar-refractivity contribution in [1.82, 2.24) is 14.5 Å². The first-order valence-electron chi connectivity index (χ1n) is 14.6. The summed E-state index contributed by atoms with van der Waals surface area (Å²) in [6.07, 6.45) is 8.23. The van der Waals surface area contributed by atoms with Crippen LogP contribution in [0.4, 0.5) is 0 Å². The Morgan fingerprint density at radius 2 is 1.59 bits per heavy atom. The van der Waals surface area contributed by atoms with Gasteiger partial charge in [-0.3, -0.25) is 9.69 Å². The number of hydrogen-bond acceptors (Lipinski definition) is 4. The summed E-state index contributed by atoms with van der Waals surface area (Å²) in [4.78, 5) is 32.5. The van der Waals surface area contributed by atoms with Gasteiger partial charge in [-0.1, -0.05) is 46.8 Å². The van der Waals surface area contributed by atoms with Crippen LogP contribution in [-0.2, 0) is 0 Å². The van der Waals surface area contributed by atoms with Crippen molar-refractivity contribution in [3.63, 3.8) is 0 Å². The van der Waals surface area contributed by atoms with E-state index in [1.54, 1.807) is 4.57 Å². The molecule has 4 bridgehead atoms. The van der Waals surface area contributed by atoms with E-state index < -0.39 is 11.5 Å². The van der Waals surface area contributed by atoms with Crippen LogP contribution in [0.25, 0.3) is 11.0 Å². The molecule has 6 nitrogen and oxygen atoms in total. The van der Waals surface area contributed by atoms with Crippen molar-refractivity contribution in [2.24, 2.45) is 35.0 Å². The predicted octanol–water partition coefficient (Wildman–Crippen LogP) is 6.00. The van der Waals surface area contributed by atoms with Crippen molar-refractivity contribution in [2.45, 2.75) is 104 Å². The van der Waals surface area contributed by atoms with Crippen LogP contribution >= 0.6 is 0 Å². The highest BCUT2D eigenvalue weighted by molar-refractivity contribution is 5.88. The second kappa shape index (κ2) is 8.93. The zero-order valence-electron chi connectivity index (χ0n) is 23.1. The number of aromatic carboxylic acids is 1. The maximum atomic E-state index is 13.5. The highest BCUT2D eigenvalue weighted by Crippen LogP contribution is 2.57. The summed E-state index contributed by atoms with van der Waals surface area (Å²) in [6, 6.07) is 9.05. The maximum Gasteiger partial charge on any atom is 0.360 e. The molecule has 4 aliphatic rings. The molecule has 1 aromatic heterocycles. The van der Waals surface area contributed by atoms with Gasteiger partial charge in [-0.25, -0.2) is 9.78 Å². The molecule has 2 aliphatic heterocycles. The van der Waals surface area contributed by atoms with E-state index in [2.05, 4.69) is 44.5 Å². The van der Waals surface area contributed by atoms with Gasteiger partial charge in [0.2, 0.25) is 5.69 Å². The fraction of sp³-hybridized carbons (Fsp3) is 0.710. The fourth-order valence-corrected chi connectivity index (χ4v) is 9.15. The van der Waals surface area contributed by atoms with Crippen molar-refractivity contribution >= 4 is 17.0 Å². The lowest BCUT2D eigenvalue weighted by molar-refractivity contribution is -0.109. The van der Waals surface area contributed by atoms with Crippen LogP contribution in [0.1, 0.15) is 96.1 Å². The molecule has 3 heterocycles. The standard InChI is InChI=1S/C31H43N3O3/c1-17-10-11-22-15-24(34-26-9-7-6-8-25(26)32-28(29(34)35)30(36)37)16-27(17)33(22)23-13-20-12-21(14-23)19(3)31(4,5)18(20)2/h6-9,17-24,27H,10-16H2,1-5H3,(H,36,37)/t17-,18-,19+,20-,21+,22+,23?,24-,27+/m1/s1. The summed E-state index contributed by atoms with van der Waals surface area (Å²) in [5.74, 6) is 2.42. The van der Waals surface area contributed by atoms with Gasteiger partial charge in [-0.2, -0.15) is 0 Å². The zero-order chi connectivity index (χ0) is 26.2. The number of rotatable bonds is 3. The van der Waals surface area contributed by atoms with Gasteiger partial charge >= 0.3 is 5.97 Å². The molecule has 1 N–H and O–H groups in total. The minimum Gasteiger partial charge on any atom is -0.476 e. The second-order valence-electron chi connectivity index (χ2n) is 13.6. The molecule has 200 valence electrons. The quantitative estimate of drug-likeness (QED) is 0.554. The number of fused-ring (bicyclic) bond motifs is 5. The maximum absolute atomic E-state index is 13.5. The molecule has 0 amide bonds. The van der Waals surface area contributed by atoms with Crippen LogP contribution in [0.2, 0.25) is 0 Å². The van der Waals surface area contributed by atoms with Crippen molar-refractivity contribution in [3.8, 4) is 0 Å². The molecule has 37 heavy (non-hydrogen) atoms. The number of carboxylic acid groups (broad SMARTS) is 1. The molecule has 1 aromatic carbocycles. The number of para-hydroxylation sites is 2.